The van der Waals surface area contributed by atoms with Gasteiger partial charge in [0.2, 0.25) is 5.95 Å². The van der Waals surface area contributed by atoms with Crippen LogP contribution in [0.4, 0.5) is 17.6 Å². The highest BCUT2D eigenvalue weighted by Gasteiger charge is 2.37. The third-order valence-electron chi connectivity index (χ3n) is 7.00. The van der Waals surface area contributed by atoms with E-state index in [2.05, 4.69) is 15.3 Å². The van der Waals surface area contributed by atoms with Gasteiger partial charge in [0.25, 0.3) is 5.91 Å². The molecule has 1 amide bonds. The van der Waals surface area contributed by atoms with Crippen LogP contribution in [0.25, 0.3) is 16.9 Å². The second-order valence-corrected chi connectivity index (χ2v) is 9.19. The fourth-order valence-corrected chi connectivity index (χ4v) is 5.22. The van der Waals surface area contributed by atoms with Gasteiger partial charge >= 0.3 is 6.18 Å². The number of rotatable bonds is 5. The zero-order chi connectivity index (χ0) is 25.3. The van der Waals surface area contributed by atoms with E-state index in [-0.39, 0.29) is 34.8 Å². The lowest BCUT2D eigenvalue weighted by Gasteiger charge is -2.38. The Morgan fingerprint density at radius 3 is 2.33 bits per heavy atom. The summed E-state index contributed by atoms with van der Waals surface area (Å²) in [6, 6.07) is 11.6. The minimum Gasteiger partial charge on any atom is -0.351 e. The predicted octanol–water partition coefficient (Wildman–Crippen LogP) is 6.21. The van der Waals surface area contributed by atoms with Gasteiger partial charge in [-0.2, -0.15) is 13.2 Å². The average molecular weight is 497 g/mol. The van der Waals surface area contributed by atoms with E-state index in [9.17, 15) is 22.4 Å². The van der Waals surface area contributed by atoms with Crippen LogP contribution in [0.2, 0.25) is 0 Å². The Morgan fingerprint density at radius 2 is 1.67 bits per heavy atom. The summed E-state index contributed by atoms with van der Waals surface area (Å²) in [5.74, 6) is -0.793. The molecular weight excluding hydrogens is 472 g/mol. The van der Waals surface area contributed by atoms with E-state index in [0.29, 0.717) is 0 Å². The largest absolute Gasteiger partial charge is 0.417 e. The number of carbonyl (C=O) groups excluding carboxylic acids is 1. The van der Waals surface area contributed by atoms with Crippen molar-refractivity contribution in [2.45, 2.75) is 43.7 Å². The quantitative estimate of drug-likeness (QED) is 0.334. The highest BCUT2D eigenvalue weighted by Crippen LogP contribution is 2.40. The van der Waals surface area contributed by atoms with Gasteiger partial charge in [0.05, 0.1) is 16.6 Å². The SMILES string of the molecule is O=C(NCC1(c2ccc(F)cc2)CCCCC1)c1cn(-c2ncccn2)c2cccc(C(F)(F)F)c12. The molecule has 2 aromatic heterocycles. The summed E-state index contributed by atoms with van der Waals surface area (Å²) in [7, 11) is 0. The normalized spacial score (nSPS) is 15.7. The highest BCUT2D eigenvalue weighted by molar-refractivity contribution is 6.08. The van der Waals surface area contributed by atoms with Crippen molar-refractivity contribution in [1.82, 2.24) is 19.9 Å². The smallest absolute Gasteiger partial charge is 0.351 e. The van der Waals surface area contributed by atoms with Crippen molar-refractivity contribution < 1.29 is 22.4 Å². The molecule has 9 heteroatoms. The number of halogens is 4. The molecule has 4 aromatic rings. The van der Waals surface area contributed by atoms with Crippen LogP contribution in [0.15, 0.2) is 67.1 Å². The third kappa shape index (κ3) is 4.45. The Balaban J connectivity index is 1.55. The monoisotopic (exact) mass is 496 g/mol. The first-order chi connectivity index (χ1) is 17.3. The molecule has 2 aromatic carbocycles. The maximum Gasteiger partial charge on any atom is 0.417 e. The van der Waals surface area contributed by atoms with E-state index in [0.717, 1.165) is 43.7 Å². The Bertz CT molecular complexity index is 1370. The van der Waals surface area contributed by atoms with E-state index >= 15 is 0 Å². The van der Waals surface area contributed by atoms with Gasteiger partial charge in [-0.3, -0.25) is 9.36 Å². The van der Waals surface area contributed by atoms with Gasteiger partial charge in [0, 0.05) is 35.9 Å². The minimum atomic E-state index is -4.66. The van der Waals surface area contributed by atoms with E-state index in [1.165, 1.54) is 47.4 Å². The van der Waals surface area contributed by atoms with Crippen molar-refractivity contribution in [2.24, 2.45) is 0 Å². The summed E-state index contributed by atoms with van der Waals surface area (Å²) in [5, 5.41) is 2.70. The topological polar surface area (TPSA) is 59.8 Å². The number of amides is 1. The van der Waals surface area contributed by atoms with Gasteiger partial charge in [0.15, 0.2) is 0 Å². The Labute approximate surface area is 205 Å². The van der Waals surface area contributed by atoms with Crippen LogP contribution in [0, 0.1) is 5.82 Å². The fraction of sp³-hybridized carbons (Fsp3) is 0.296. The van der Waals surface area contributed by atoms with Crippen LogP contribution in [-0.2, 0) is 11.6 Å². The van der Waals surface area contributed by atoms with E-state index < -0.39 is 23.1 Å². The molecular formula is C27H24F4N4O. The summed E-state index contributed by atoms with van der Waals surface area (Å²) in [6.45, 7) is 0.236. The standard InChI is InChI=1S/C27H24F4N4O/c28-19-10-8-18(9-11-19)26(12-2-1-3-13-26)17-34-24(36)20-16-35(25-32-14-5-15-33-25)22-7-4-6-21(23(20)22)27(29,30)31/h4-11,14-16H,1-3,12-13,17H2,(H,34,36). The maximum atomic E-state index is 14.0. The molecule has 0 radical (unpaired) electrons. The van der Waals surface area contributed by atoms with Crippen molar-refractivity contribution >= 4 is 16.8 Å². The summed E-state index contributed by atoms with van der Waals surface area (Å²) < 4.78 is 56.8. The van der Waals surface area contributed by atoms with Gasteiger partial charge in [-0.05, 0) is 48.7 Å². The predicted molar refractivity (Wildman–Crippen MR) is 127 cm³/mol. The Hall–Kier alpha value is -3.75. The van der Waals surface area contributed by atoms with Crippen molar-refractivity contribution in [1.29, 1.82) is 0 Å². The molecule has 0 aliphatic heterocycles. The van der Waals surface area contributed by atoms with Gasteiger partial charge in [-0.25, -0.2) is 14.4 Å². The molecule has 1 aliphatic rings. The van der Waals surface area contributed by atoms with Crippen molar-refractivity contribution in [2.75, 3.05) is 6.54 Å². The molecule has 1 saturated carbocycles. The molecule has 0 spiro atoms. The molecule has 0 atom stereocenters. The van der Waals surface area contributed by atoms with Crippen LogP contribution in [-0.4, -0.2) is 27.0 Å². The minimum absolute atomic E-state index is 0.101. The molecule has 0 unspecified atom stereocenters. The summed E-state index contributed by atoms with van der Waals surface area (Å²) in [5.41, 5.74) is -0.302. The second kappa shape index (κ2) is 9.37. The van der Waals surface area contributed by atoms with Crippen LogP contribution >= 0.6 is 0 Å². The zero-order valence-electron chi connectivity index (χ0n) is 19.4. The number of alkyl halides is 3. The molecule has 36 heavy (non-hydrogen) atoms. The Kier molecular flexibility index (Phi) is 6.24. The third-order valence-corrected chi connectivity index (χ3v) is 7.00. The van der Waals surface area contributed by atoms with E-state index in [1.807, 2.05) is 0 Å². The number of fused-ring (bicyclic) bond motifs is 1. The molecule has 1 N–H and O–H groups in total. The van der Waals surface area contributed by atoms with Crippen molar-refractivity contribution in [3.05, 3.63) is 89.6 Å². The lowest BCUT2D eigenvalue weighted by Crippen LogP contribution is -2.42. The first kappa shape index (κ1) is 24.0. The lowest BCUT2D eigenvalue weighted by atomic mass is 9.69. The Morgan fingerprint density at radius 1 is 0.972 bits per heavy atom. The van der Waals surface area contributed by atoms with Gasteiger partial charge in [-0.15, -0.1) is 0 Å². The number of hydrogen-bond donors (Lipinski definition) is 1. The summed E-state index contributed by atoms with van der Waals surface area (Å²) in [6.07, 6.45) is 4.24. The van der Waals surface area contributed by atoms with Crippen molar-refractivity contribution in [3.63, 3.8) is 0 Å². The number of aromatic nitrogens is 3. The van der Waals surface area contributed by atoms with Gasteiger partial charge in [-0.1, -0.05) is 37.5 Å². The number of nitrogens with zero attached hydrogens (tertiary/aromatic N) is 3. The van der Waals surface area contributed by atoms with Crippen molar-refractivity contribution in [3.8, 4) is 5.95 Å². The summed E-state index contributed by atoms with van der Waals surface area (Å²) in [4.78, 5) is 21.8. The molecule has 1 aliphatic carbocycles. The van der Waals surface area contributed by atoms with Crippen LogP contribution in [0.3, 0.4) is 0 Å². The molecule has 0 bridgehead atoms. The highest BCUT2D eigenvalue weighted by atomic mass is 19.4. The molecule has 5 nitrogen and oxygen atoms in total. The molecule has 1 fully saturated rings. The van der Waals surface area contributed by atoms with E-state index in [4.69, 9.17) is 0 Å². The number of carbonyl (C=O) groups is 1. The van der Waals surface area contributed by atoms with Gasteiger partial charge in [0.1, 0.15) is 5.82 Å². The van der Waals surface area contributed by atoms with Crippen LogP contribution in [0.1, 0.15) is 53.6 Å². The number of hydrogen-bond acceptors (Lipinski definition) is 3. The van der Waals surface area contributed by atoms with Crippen LogP contribution < -0.4 is 5.32 Å². The number of nitrogens with one attached hydrogen (secondary N) is 1. The molecule has 5 rings (SSSR count). The molecule has 0 saturated heterocycles. The first-order valence-corrected chi connectivity index (χ1v) is 11.8. The maximum absolute atomic E-state index is 14.0. The molecule has 186 valence electrons. The zero-order valence-corrected chi connectivity index (χ0v) is 19.4. The first-order valence-electron chi connectivity index (χ1n) is 11.8. The second-order valence-electron chi connectivity index (χ2n) is 9.19. The lowest BCUT2D eigenvalue weighted by molar-refractivity contribution is -0.136. The fourth-order valence-electron chi connectivity index (χ4n) is 5.22. The molecule has 2 heterocycles. The summed E-state index contributed by atoms with van der Waals surface area (Å²) >= 11 is 0. The van der Waals surface area contributed by atoms with Crippen LogP contribution in [0.5, 0.6) is 0 Å². The van der Waals surface area contributed by atoms with Gasteiger partial charge < -0.3 is 5.32 Å². The van der Waals surface area contributed by atoms with E-state index in [1.54, 1.807) is 18.2 Å². The average Bonchev–Trinajstić information content (AvgIpc) is 3.28. The number of benzene rings is 2.